The molecule has 3 N–H and O–H groups in total. The molecule has 0 aliphatic heterocycles. The van der Waals surface area contributed by atoms with Crippen LogP contribution in [0.25, 0.3) is 0 Å². The van der Waals surface area contributed by atoms with E-state index in [4.69, 9.17) is 5.84 Å². The molecule has 3 rings (SSSR count). The van der Waals surface area contributed by atoms with E-state index in [1.54, 1.807) is 0 Å². The number of nitrogens with one attached hydrogen (secondary N) is 1. The number of aromatic nitrogens is 1. The van der Waals surface area contributed by atoms with Gasteiger partial charge in [0, 0.05) is 23.9 Å². The van der Waals surface area contributed by atoms with Gasteiger partial charge in [0.05, 0.1) is 0 Å². The molecular weight excluding hydrogens is 198 g/mol. The summed E-state index contributed by atoms with van der Waals surface area (Å²) in [7, 11) is 0. The first kappa shape index (κ1) is 10.2. The van der Waals surface area contributed by atoms with Crippen molar-refractivity contribution in [3.05, 3.63) is 29.6 Å². The summed E-state index contributed by atoms with van der Waals surface area (Å²) in [6.07, 6.45) is 8.27. The number of fused-ring (bicyclic) bond motifs is 1. The first-order valence-electron chi connectivity index (χ1n) is 6.28. The number of pyridine rings is 1. The average molecular weight is 217 g/mol. The molecule has 0 radical (unpaired) electrons. The van der Waals surface area contributed by atoms with E-state index in [-0.39, 0.29) is 0 Å². The molecule has 0 aromatic carbocycles. The Hall–Kier alpha value is -0.930. The monoisotopic (exact) mass is 217 g/mol. The molecule has 0 saturated heterocycles. The summed E-state index contributed by atoms with van der Waals surface area (Å²) < 4.78 is 0. The van der Waals surface area contributed by atoms with Crippen LogP contribution < -0.4 is 11.3 Å². The van der Waals surface area contributed by atoms with Crippen molar-refractivity contribution in [1.82, 2.24) is 10.4 Å². The summed E-state index contributed by atoms with van der Waals surface area (Å²) in [6.45, 7) is 0. The minimum atomic E-state index is 0.420. The van der Waals surface area contributed by atoms with Crippen LogP contribution in [0.2, 0.25) is 0 Å². The van der Waals surface area contributed by atoms with Crippen LogP contribution in [0.15, 0.2) is 18.3 Å². The van der Waals surface area contributed by atoms with Crippen LogP contribution in [-0.4, -0.2) is 11.0 Å². The van der Waals surface area contributed by atoms with Gasteiger partial charge in [-0.3, -0.25) is 16.3 Å². The molecule has 16 heavy (non-hydrogen) atoms. The lowest BCUT2D eigenvalue weighted by atomic mass is 9.93. The lowest BCUT2D eigenvalue weighted by Gasteiger charge is -2.22. The van der Waals surface area contributed by atoms with Gasteiger partial charge in [0.15, 0.2) is 0 Å². The maximum Gasteiger partial charge on any atom is 0.0482 e. The average Bonchev–Trinajstić information content (AvgIpc) is 3.04. The Kier molecular flexibility index (Phi) is 2.65. The van der Waals surface area contributed by atoms with Gasteiger partial charge < -0.3 is 0 Å². The van der Waals surface area contributed by atoms with Gasteiger partial charge >= 0.3 is 0 Å². The van der Waals surface area contributed by atoms with Gasteiger partial charge in [-0.2, -0.15) is 0 Å². The molecule has 2 unspecified atom stereocenters. The van der Waals surface area contributed by atoms with E-state index in [1.165, 1.54) is 36.9 Å². The molecule has 0 amide bonds. The van der Waals surface area contributed by atoms with Crippen molar-refractivity contribution < 1.29 is 0 Å². The first-order valence-corrected chi connectivity index (χ1v) is 6.28. The van der Waals surface area contributed by atoms with Gasteiger partial charge in [-0.05, 0) is 36.8 Å². The summed E-state index contributed by atoms with van der Waals surface area (Å²) in [6, 6.07) is 4.66. The zero-order valence-corrected chi connectivity index (χ0v) is 9.52. The highest BCUT2D eigenvalue weighted by Gasteiger charge is 2.34. The third-order valence-electron chi connectivity index (χ3n) is 3.99. The molecule has 1 saturated carbocycles. The maximum absolute atomic E-state index is 5.71. The molecule has 3 heteroatoms. The van der Waals surface area contributed by atoms with Gasteiger partial charge in [-0.1, -0.05) is 18.9 Å². The van der Waals surface area contributed by atoms with Crippen LogP contribution in [0.5, 0.6) is 0 Å². The minimum absolute atomic E-state index is 0.420. The largest absolute Gasteiger partial charge is 0.271 e. The molecule has 0 bridgehead atoms. The molecule has 2 atom stereocenters. The first-order chi connectivity index (χ1) is 7.88. The topological polar surface area (TPSA) is 50.9 Å². The molecule has 2 aliphatic carbocycles. The van der Waals surface area contributed by atoms with Crippen molar-refractivity contribution in [2.24, 2.45) is 11.8 Å². The highest BCUT2D eigenvalue weighted by atomic mass is 15.2. The molecule has 1 heterocycles. The van der Waals surface area contributed by atoms with Crippen molar-refractivity contribution in [1.29, 1.82) is 0 Å². The van der Waals surface area contributed by atoms with E-state index in [1.807, 2.05) is 12.3 Å². The maximum atomic E-state index is 5.71. The molecular formula is C13H19N3. The fraction of sp³-hybridized carbons (Fsp3) is 0.615. The molecule has 86 valence electrons. The Bertz CT molecular complexity index is 373. The van der Waals surface area contributed by atoms with Gasteiger partial charge in [-0.25, -0.2) is 0 Å². The summed E-state index contributed by atoms with van der Waals surface area (Å²) in [4.78, 5) is 4.54. The summed E-state index contributed by atoms with van der Waals surface area (Å²) in [5.41, 5.74) is 5.72. The standard InChI is InChI=1S/C13H19N3/c14-16-12(8-9-3-4-9)11-6-5-10-2-1-7-15-13(10)11/h1-2,7,9,11-12,16H,3-6,8,14H2. The van der Waals surface area contributed by atoms with Gasteiger partial charge in [0.2, 0.25) is 0 Å². The zero-order chi connectivity index (χ0) is 11.0. The smallest absolute Gasteiger partial charge is 0.0482 e. The molecule has 1 aromatic rings. The lowest BCUT2D eigenvalue weighted by molar-refractivity contribution is 0.391. The highest BCUT2D eigenvalue weighted by Crippen LogP contribution is 2.40. The van der Waals surface area contributed by atoms with Crippen LogP contribution in [-0.2, 0) is 6.42 Å². The predicted octanol–water partition coefficient (Wildman–Crippen LogP) is 1.74. The summed E-state index contributed by atoms with van der Waals surface area (Å²) in [5, 5.41) is 0. The predicted molar refractivity (Wildman–Crippen MR) is 63.8 cm³/mol. The third kappa shape index (κ3) is 1.85. The van der Waals surface area contributed by atoms with E-state index in [0.717, 1.165) is 12.3 Å². The van der Waals surface area contributed by atoms with Gasteiger partial charge in [-0.15, -0.1) is 0 Å². The van der Waals surface area contributed by atoms with E-state index in [2.05, 4.69) is 16.5 Å². The van der Waals surface area contributed by atoms with Crippen molar-refractivity contribution >= 4 is 0 Å². The van der Waals surface area contributed by atoms with Crippen LogP contribution in [0, 0.1) is 5.92 Å². The van der Waals surface area contributed by atoms with Gasteiger partial charge in [0.1, 0.15) is 0 Å². The molecule has 2 aliphatic rings. The SMILES string of the molecule is NNC(CC1CC1)C1CCc2cccnc21. The Morgan fingerprint density at radius 2 is 2.31 bits per heavy atom. The Morgan fingerprint density at radius 1 is 1.44 bits per heavy atom. The molecule has 3 nitrogen and oxygen atoms in total. The number of hydrogen-bond acceptors (Lipinski definition) is 3. The van der Waals surface area contributed by atoms with Crippen LogP contribution in [0.4, 0.5) is 0 Å². The number of nitrogens with zero attached hydrogens (tertiary/aromatic N) is 1. The molecule has 1 fully saturated rings. The molecule has 1 aromatic heterocycles. The van der Waals surface area contributed by atoms with Crippen molar-refractivity contribution in [3.8, 4) is 0 Å². The van der Waals surface area contributed by atoms with E-state index in [0.29, 0.717) is 12.0 Å². The van der Waals surface area contributed by atoms with E-state index < -0.39 is 0 Å². The van der Waals surface area contributed by atoms with Crippen LogP contribution >= 0.6 is 0 Å². The second-order valence-corrected chi connectivity index (χ2v) is 5.15. The number of nitrogens with two attached hydrogens (primary N) is 1. The van der Waals surface area contributed by atoms with E-state index >= 15 is 0 Å². The van der Waals surface area contributed by atoms with Crippen molar-refractivity contribution in [2.45, 2.75) is 44.1 Å². The normalized spacial score (nSPS) is 25.4. The van der Waals surface area contributed by atoms with Crippen LogP contribution in [0.1, 0.15) is 42.9 Å². The third-order valence-corrected chi connectivity index (χ3v) is 3.99. The second-order valence-electron chi connectivity index (χ2n) is 5.15. The van der Waals surface area contributed by atoms with Crippen LogP contribution in [0.3, 0.4) is 0 Å². The second kappa shape index (κ2) is 4.15. The number of rotatable bonds is 4. The van der Waals surface area contributed by atoms with Crippen molar-refractivity contribution in [2.75, 3.05) is 0 Å². The lowest BCUT2D eigenvalue weighted by Crippen LogP contribution is -2.39. The van der Waals surface area contributed by atoms with Gasteiger partial charge in [0.25, 0.3) is 0 Å². The van der Waals surface area contributed by atoms with Crippen molar-refractivity contribution in [3.63, 3.8) is 0 Å². The fourth-order valence-corrected chi connectivity index (χ4v) is 2.90. The number of hydrogen-bond donors (Lipinski definition) is 2. The Labute approximate surface area is 96.4 Å². The number of aryl methyl sites for hydroxylation is 1. The Morgan fingerprint density at radius 3 is 3.06 bits per heavy atom. The van der Waals surface area contributed by atoms with E-state index in [9.17, 15) is 0 Å². The Balaban J connectivity index is 1.78. The summed E-state index contributed by atoms with van der Waals surface area (Å²) in [5.74, 6) is 7.15. The highest BCUT2D eigenvalue weighted by molar-refractivity contribution is 5.30. The summed E-state index contributed by atoms with van der Waals surface area (Å²) >= 11 is 0. The fourth-order valence-electron chi connectivity index (χ4n) is 2.90. The quantitative estimate of drug-likeness (QED) is 0.596. The number of hydrazine groups is 1. The minimum Gasteiger partial charge on any atom is -0.271 e. The zero-order valence-electron chi connectivity index (χ0n) is 9.52. The molecule has 0 spiro atoms.